The van der Waals surface area contributed by atoms with Gasteiger partial charge in [0.05, 0.1) is 0 Å². The van der Waals surface area contributed by atoms with Crippen molar-refractivity contribution in [1.29, 1.82) is 0 Å². The van der Waals surface area contributed by atoms with Crippen molar-refractivity contribution in [2.24, 2.45) is 0 Å². The van der Waals surface area contributed by atoms with Gasteiger partial charge in [0.1, 0.15) is 0 Å². The minimum Gasteiger partial charge on any atom is -0.481 e. The lowest BCUT2D eigenvalue weighted by molar-refractivity contribution is -0.136. The molecule has 2 heteroatoms. The van der Waals surface area contributed by atoms with E-state index in [9.17, 15) is 4.79 Å². The Labute approximate surface area is 80.0 Å². The van der Waals surface area contributed by atoms with Gasteiger partial charge in [0.2, 0.25) is 0 Å². The first-order valence-electron chi connectivity index (χ1n) is 4.79. The predicted molar refractivity (Wildman–Crippen MR) is 54.7 cm³/mol. The van der Waals surface area contributed by atoms with Crippen LogP contribution in [0.2, 0.25) is 0 Å². The summed E-state index contributed by atoms with van der Waals surface area (Å²) in [6.07, 6.45) is 12.3. The van der Waals surface area contributed by atoms with E-state index < -0.39 is 5.97 Å². The molecular formula is C11H18O2. The van der Waals surface area contributed by atoms with Crippen LogP contribution in [0.3, 0.4) is 0 Å². The number of rotatable bonds is 7. The second kappa shape index (κ2) is 9.04. The van der Waals surface area contributed by atoms with E-state index in [1.165, 1.54) is 0 Å². The van der Waals surface area contributed by atoms with Gasteiger partial charge in [0.25, 0.3) is 0 Å². The molecule has 0 bridgehead atoms. The molecule has 0 aliphatic rings. The van der Waals surface area contributed by atoms with Crippen LogP contribution in [-0.4, -0.2) is 11.1 Å². The molecule has 74 valence electrons. The molecule has 0 atom stereocenters. The maximum Gasteiger partial charge on any atom is 0.303 e. The van der Waals surface area contributed by atoms with E-state index in [4.69, 9.17) is 5.11 Å². The monoisotopic (exact) mass is 182 g/mol. The fourth-order valence-corrected chi connectivity index (χ4v) is 0.919. The van der Waals surface area contributed by atoms with Gasteiger partial charge < -0.3 is 5.11 Å². The van der Waals surface area contributed by atoms with Crippen molar-refractivity contribution in [3.05, 3.63) is 24.3 Å². The van der Waals surface area contributed by atoms with Crippen LogP contribution in [0, 0.1) is 0 Å². The predicted octanol–water partition coefficient (Wildman–Crippen LogP) is 3.15. The SMILES string of the molecule is CCC=CCCC=CCCC(=O)O. The highest BCUT2D eigenvalue weighted by Gasteiger charge is 1.90. The van der Waals surface area contributed by atoms with E-state index in [1.54, 1.807) is 0 Å². The van der Waals surface area contributed by atoms with Gasteiger partial charge in [-0.25, -0.2) is 0 Å². The molecule has 0 aromatic heterocycles. The summed E-state index contributed by atoms with van der Waals surface area (Å²) in [7, 11) is 0. The molecule has 0 aliphatic carbocycles. The minimum absolute atomic E-state index is 0.237. The molecule has 0 aromatic carbocycles. The fourth-order valence-electron chi connectivity index (χ4n) is 0.919. The van der Waals surface area contributed by atoms with Crippen LogP contribution in [0.15, 0.2) is 24.3 Å². The van der Waals surface area contributed by atoms with Gasteiger partial charge in [-0.3, -0.25) is 4.79 Å². The third kappa shape index (κ3) is 10.9. The van der Waals surface area contributed by atoms with E-state index in [2.05, 4.69) is 19.1 Å². The molecule has 0 unspecified atom stereocenters. The molecule has 0 aliphatic heterocycles. The number of carbonyl (C=O) groups is 1. The zero-order chi connectivity index (χ0) is 9.94. The van der Waals surface area contributed by atoms with Gasteiger partial charge in [0, 0.05) is 6.42 Å². The lowest BCUT2D eigenvalue weighted by Gasteiger charge is -1.88. The highest BCUT2D eigenvalue weighted by Crippen LogP contribution is 1.97. The third-order valence-corrected chi connectivity index (χ3v) is 1.59. The lowest BCUT2D eigenvalue weighted by atomic mass is 10.2. The van der Waals surface area contributed by atoms with Crippen molar-refractivity contribution >= 4 is 5.97 Å². The van der Waals surface area contributed by atoms with Gasteiger partial charge in [-0.1, -0.05) is 31.2 Å². The molecule has 0 heterocycles. The topological polar surface area (TPSA) is 37.3 Å². The Morgan fingerprint density at radius 3 is 2.15 bits per heavy atom. The first-order valence-corrected chi connectivity index (χ1v) is 4.79. The van der Waals surface area contributed by atoms with Crippen LogP contribution >= 0.6 is 0 Å². The second-order valence-electron chi connectivity index (χ2n) is 2.86. The van der Waals surface area contributed by atoms with Crippen LogP contribution in [-0.2, 0) is 4.79 Å². The van der Waals surface area contributed by atoms with Gasteiger partial charge in [-0.2, -0.15) is 0 Å². The summed E-state index contributed by atoms with van der Waals surface area (Å²) in [5.74, 6) is -0.726. The summed E-state index contributed by atoms with van der Waals surface area (Å²) in [6, 6.07) is 0. The smallest absolute Gasteiger partial charge is 0.303 e. The molecule has 0 fully saturated rings. The fraction of sp³-hybridized carbons (Fsp3) is 0.545. The summed E-state index contributed by atoms with van der Waals surface area (Å²) in [6.45, 7) is 2.11. The van der Waals surface area contributed by atoms with Gasteiger partial charge in [0.15, 0.2) is 0 Å². The number of hydrogen-bond acceptors (Lipinski definition) is 1. The molecule has 13 heavy (non-hydrogen) atoms. The van der Waals surface area contributed by atoms with Gasteiger partial charge in [-0.15, -0.1) is 0 Å². The molecule has 0 saturated heterocycles. The number of carboxylic acids is 1. The van der Waals surface area contributed by atoms with Gasteiger partial charge in [-0.05, 0) is 25.7 Å². The van der Waals surface area contributed by atoms with Crippen LogP contribution in [0.5, 0.6) is 0 Å². The Morgan fingerprint density at radius 2 is 1.62 bits per heavy atom. The van der Waals surface area contributed by atoms with Crippen LogP contribution in [0.1, 0.15) is 39.0 Å². The lowest BCUT2D eigenvalue weighted by Crippen LogP contribution is -1.91. The molecule has 1 N–H and O–H groups in total. The number of hydrogen-bond donors (Lipinski definition) is 1. The molecule has 0 aromatic rings. The molecule has 0 saturated carbocycles. The molecule has 0 radical (unpaired) electrons. The summed E-state index contributed by atoms with van der Waals surface area (Å²) < 4.78 is 0. The number of carboxylic acid groups (broad SMARTS) is 1. The second-order valence-corrected chi connectivity index (χ2v) is 2.86. The van der Waals surface area contributed by atoms with Crippen molar-refractivity contribution in [3.8, 4) is 0 Å². The minimum atomic E-state index is -0.726. The Kier molecular flexibility index (Phi) is 8.31. The van der Waals surface area contributed by atoms with Crippen LogP contribution < -0.4 is 0 Å². The molecule has 2 nitrogen and oxygen atoms in total. The first kappa shape index (κ1) is 11.9. The van der Waals surface area contributed by atoms with E-state index in [0.717, 1.165) is 19.3 Å². The average Bonchev–Trinajstić information content (AvgIpc) is 2.09. The van der Waals surface area contributed by atoms with Crippen LogP contribution in [0.4, 0.5) is 0 Å². The Morgan fingerprint density at radius 1 is 1.08 bits per heavy atom. The van der Waals surface area contributed by atoms with Crippen molar-refractivity contribution < 1.29 is 9.90 Å². The van der Waals surface area contributed by atoms with E-state index >= 15 is 0 Å². The van der Waals surface area contributed by atoms with E-state index in [-0.39, 0.29) is 6.42 Å². The summed E-state index contributed by atoms with van der Waals surface area (Å²) in [5, 5.41) is 8.34. The van der Waals surface area contributed by atoms with E-state index in [1.807, 2.05) is 12.2 Å². The van der Waals surface area contributed by atoms with Crippen molar-refractivity contribution in [2.45, 2.75) is 39.0 Å². The number of allylic oxidation sites excluding steroid dienone is 4. The number of unbranched alkanes of at least 4 members (excludes halogenated alkanes) is 1. The Bertz CT molecular complexity index is 181. The zero-order valence-corrected chi connectivity index (χ0v) is 8.20. The van der Waals surface area contributed by atoms with Crippen molar-refractivity contribution in [2.75, 3.05) is 0 Å². The quantitative estimate of drug-likeness (QED) is 0.485. The summed E-state index contributed by atoms with van der Waals surface area (Å²) in [4.78, 5) is 10.1. The molecule has 0 amide bonds. The molecular weight excluding hydrogens is 164 g/mol. The average molecular weight is 182 g/mol. The molecule has 0 rings (SSSR count). The zero-order valence-electron chi connectivity index (χ0n) is 8.20. The highest BCUT2D eigenvalue weighted by molar-refractivity contribution is 5.66. The maximum absolute atomic E-state index is 10.1. The summed E-state index contributed by atoms with van der Waals surface area (Å²) in [5.41, 5.74) is 0. The van der Waals surface area contributed by atoms with Crippen molar-refractivity contribution in [1.82, 2.24) is 0 Å². The number of aliphatic carboxylic acids is 1. The third-order valence-electron chi connectivity index (χ3n) is 1.59. The standard InChI is InChI=1S/C11H18O2/c1-2-3-4-5-6-7-8-9-10-11(12)13/h3-4,7-8H,2,5-6,9-10H2,1H3,(H,12,13). The maximum atomic E-state index is 10.1. The summed E-state index contributed by atoms with van der Waals surface area (Å²) >= 11 is 0. The highest BCUT2D eigenvalue weighted by atomic mass is 16.4. The first-order chi connectivity index (χ1) is 6.27. The van der Waals surface area contributed by atoms with Crippen molar-refractivity contribution in [3.63, 3.8) is 0 Å². The van der Waals surface area contributed by atoms with E-state index in [0.29, 0.717) is 6.42 Å². The molecule has 0 spiro atoms. The van der Waals surface area contributed by atoms with Gasteiger partial charge >= 0.3 is 5.97 Å². The Balaban J connectivity index is 3.22. The largest absolute Gasteiger partial charge is 0.481 e. The Hall–Kier alpha value is -1.05. The normalized spacial score (nSPS) is 11.5. The van der Waals surface area contributed by atoms with Crippen LogP contribution in [0.25, 0.3) is 0 Å².